The summed E-state index contributed by atoms with van der Waals surface area (Å²) in [5.74, 6) is 0.0705. The molecule has 2 amide bonds. The van der Waals surface area contributed by atoms with E-state index in [4.69, 9.17) is 22.3 Å². The maximum absolute atomic E-state index is 13.5. The molecule has 0 spiro atoms. The quantitative estimate of drug-likeness (QED) is 0.0638. The second kappa shape index (κ2) is 17.0. The number of aliphatic imine (C=N–C) groups is 1. The number of benzene rings is 3. The van der Waals surface area contributed by atoms with Crippen molar-refractivity contribution in [2.24, 2.45) is 10.7 Å². The number of halogens is 4. The maximum atomic E-state index is 13.5. The average molecular weight is 846 g/mol. The number of aryl methyl sites for hydroxylation is 2. The molecule has 58 heavy (non-hydrogen) atoms. The molecule has 12 nitrogen and oxygen atoms in total. The zero-order valence-corrected chi connectivity index (χ0v) is 33.6. The van der Waals surface area contributed by atoms with Crippen molar-refractivity contribution in [3.63, 3.8) is 0 Å². The lowest BCUT2D eigenvalue weighted by atomic mass is 9.99. The first-order valence-electron chi connectivity index (χ1n) is 17.9. The summed E-state index contributed by atoms with van der Waals surface area (Å²) in [6.07, 6.45) is -3.36. The van der Waals surface area contributed by atoms with Gasteiger partial charge in [0.15, 0.2) is 11.0 Å². The van der Waals surface area contributed by atoms with Crippen LogP contribution in [0.4, 0.5) is 13.2 Å². The highest BCUT2D eigenvalue weighted by Crippen LogP contribution is 2.39. The third-order valence-electron chi connectivity index (χ3n) is 9.14. The van der Waals surface area contributed by atoms with Crippen LogP contribution < -0.4 is 21.1 Å². The molecule has 0 bridgehead atoms. The van der Waals surface area contributed by atoms with E-state index in [9.17, 15) is 22.8 Å². The van der Waals surface area contributed by atoms with E-state index >= 15 is 0 Å². The van der Waals surface area contributed by atoms with E-state index in [1.165, 1.54) is 30.0 Å². The number of thiophene rings is 1. The minimum Gasteiger partial charge on any atom is -0.405 e. The van der Waals surface area contributed by atoms with Gasteiger partial charge in [0.05, 0.1) is 35.5 Å². The number of nitrogens with one attached hydrogen (secondary N) is 2. The van der Waals surface area contributed by atoms with Gasteiger partial charge in [-0.2, -0.15) is 0 Å². The third kappa shape index (κ3) is 9.01. The Labute approximate surface area is 343 Å². The summed E-state index contributed by atoms with van der Waals surface area (Å²) in [5, 5.41) is 17.1. The van der Waals surface area contributed by atoms with Crippen LogP contribution in [-0.4, -0.2) is 67.5 Å². The smallest absolute Gasteiger partial charge is 0.405 e. The molecule has 1 aliphatic heterocycles. The lowest BCUT2D eigenvalue weighted by Gasteiger charge is -2.13. The molecule has 0 unspecified atom stereocenters. The summed E-state index contributed by atoms with van der Waals surface area (Å²) in [5.41, 5.74) is 11.0. The Morgan fingerprint density at radius 1 is 1.00 bits per heavy atom. The number of para-hydroxylation sites is 2. The molecule has 4 heterocycles. The van der Waals surface area contributed by atoms with E-state index in [0.717, 1.165) is 38.3 Å². The SMILES string of the molecule is Cc1sc2c(c1C)C(c1ccc(Cl)cc1)=N[C@@H](CC(=O)NCCSc1nc(C=C(N)CNC(=O)c3ccccc3OC(F)(F)F)c3ccccc3n1)c1nnc(C)n1-2. The van der Waals surface area contributed by atoms with Crippen LogP contribution in [0.3, 0.4) is 0 Å². The van der Waals surface area contributed by atoms with Gasteiger partial charge in [0, 0.05) is 44.4 Å². The van der Waals surface area contributed by atoms with Crippen LogP contribution in [0.1, 0.15) is 61.7 Å². The molecule has 0 radical (unpaired) electrons. The van der Waals surface area contributed by atoms with Crippen molar-refractivity contribution in [2.75, 3.05) is 18.8 Å². The molecule has 7 rings (SSSR count). The number of hydrogen-bond acceptors (Lipinski definition) is 11. The Bertz CT molecular complexity index is 2590. The van der Waals surface area contributed by atoms with Crippen molar-refractivity contribution in [3.05, 3.63) is 128 Å². The van der Waals surface area contributed by atoms with Crippen LogP contribution in [-0.2, 0) is 4.79 Å². The Morgan fingerprint density at radius 2 is 1.74 bits per heavy atom. The van der Waals surface area contributed by atoms with Crippen LogP contribution in [0.2, 0.25) is 5.02 Å². The van der Waals surface area contributed by atoms with Crippen molar-refractivity contribution in [3.8, 4) is 10.8 Å². The number of amides is 2. The number of rotatable bonds is 12. The first kappa shape index (κ1) is 40.4. The summed E-state index contributed by atoms with van der Waals surface area (Å²) in [4.78, 5) is 41.9. The standard InChI is InChI=1S/C40H35ClF3N9O3S2/c1-21-22(2)58-38-34(21)35(24-12-14-25(41)15-13-24)48-31(36-52-51-23(3)53(36)38)19-33(54)46-16-17-57-39-49-29-10-6-4-8-27(29)30(50-39)18-26(45)20-47-37(55)28-9-5-7-11-32(28)56-40(42,43)44/h4-15,18,31H,16-17,19-20,45H2,1-3H3,(H,46,54)(H,47,55)/t31-/m0/s1. The van der Waals surface area contributed by atoms with Gasteiger partial charge in [-0.3, -0.25) is 19.1 Å². The Kier molecular flexibility index (Phi) is 11.8. The number of nitrogens with two attached hydrogens (primary N) is 1. The summed E-state index contributed by atoms with van der Waals surface area (Å²) in [6, 6.07) is 19.2. The van der Waals surface area contributed by atoms with Crippen molar-refractivity contribution < 1.29 is 27.5 Å². The van der Waals surface area contributed by atoms with E-state index < -0.39 is 24.1 Å². The number of carbonyl (C=O) groups excluding carboxylic acids is 2. The summed E-state index contributed by atoms with van der Waals surface area (Å²) < 4.78 is 44.6. The number of aromatic nitrogens is 5. The molecule has 6 aromatic rings. The zero-order chi connectivity index (χ0) is 41.1. The molecule has 3 aromatic heterocycles. The van der Waals surface area contributed by atoms with Gasteiger partial charge in [-0.25, -0.2) is 9.97 Å². The molecule has 1 atom stereocenters. The van der Waals surface area contributed by atoms with Crippen LogP contribution >= 0.6 is 34.7 Å². The largest absolute Gasteiger partial charge is 0.573 e. The highest BCUT2D eigenvalue weighted by Gasteiger charge is 2.34. The summed E-state index contributed by atoms with van der Waals surface area (Å²) >= 11 is 9.20. The summed E-state index contributed by atoms with van der Waals surface area (Å²) in [6.45, 7) is 6.15. The monoisotopic (exact) mass is 845 g/mol. The van der Waals surface area contributed by atoms with Gasteiger partial charge in [-0.15, -0.1) is 34.7 Å². The first-order valence-corrected chi connectivity index (χ1v) is 20.1. The topological polar surface area (TPSA) is 162 Å². The fourth-order valence-electron chi connectivity index (χ4n) is 6.34. The second-order valence-electron chi connectivity index (χ2n) is 13.2. The molecule has 0 fully saturated rings. The second-order valence-corrected chi connectivity index (χ2v) is 15.9. The molecule has 0 aliphatic carbocycles. The Balaban J connectivity index is 1.02. The molecule has 298 valence electrons. The van der Waals surface area contributed by atoms with Crippen molar-refractivity contribution in [1.29, 1.82) is 0 Å². The van der Waals surface area contributed by atoms with Gasteiger partial charge in [0.2, 0.25) is 5.91 Å². The van der Waals surface area contributed by atoms with E-state index in [1.807, 2.05) is 60.0 Å². The number of alkyl halides is 3. The lowest BCUT2D eigenvalue weighted by molar-refractivity contribution is -0.274. The van der Waals surface area contributed by atoms with Crippen LogP contribution in [0.5, 0.6) is 5.75 Å². The van der Waals surface area contributed by atoms with Crippen LogP contribution in [0.15, 0.2) is 88.6 Å². The van der Waals surface area contributed by atoms with Crippen molar-refractivity contribution in [2.45, 2.75) is 44.8 Å². The third-order valence-corrected chi connectivity index (χ3v) is 11.4. The van der Waals surface area contributed by atoms with E-state index in [2.05, 4.69) is 49.4 Å². The van der Waals surface area contributed by atoms with E-state index in [1.54, 1.807) is 17.4 Å². The summed E-state index contributed by atoms with van der Waals surface area (Å²) in [7, 11) is 0. The van der Waals surface area contributed by atoms with E-state index in [0.29, 0.717) is 50.7 Å². The zero-order valence-electron chi connectivity index (χ0n) is 31.2. The number of thioether (sulfide) groups is 1. The fraction of sp³-hybridized carbons (Fsp3) is 0.225. The number of fused-ring (bicyclic) bond motifs is 4. The van der Waals surface area contributed by atoms with Gasteiger partial charge in [0.1, 0.15) is 22.6 Å². The number of hydrogen-bond donors (Lipinski definition) is 3. The lowest BCUT2D eigenvalue weighted by Crippen LogP contribution is -2.29. The molecular formula is C40H35ClF3N9O3S2. The van der Waals surface area contributed by atoms with Crippen molar-refractivity contribution >= 4 is 69.2 Å². The number of ether oxygens (including phenoxy) is 1. The first-order chi connectivity index (χ1) is 27.8. The average Bonchev–Trinajstić information content (AvgIpc) is 3.67. The molecule has 18 heteroatoms. The van der Waals surface area contributed by atoms with Gasteiger partial charge >= 0.3 is 6.36 Å². The Morgan fingerprint density at radius 3 is 2.52 bits per heavy atom. The molecule has 0 saturated heterocycles. The van der Waals surface area contributed by atoms with Crippen molar-refractivity contribution in [1.82, 2.24) is 35.4 Å². The molecular weight excluding hydrogens is 811 g/mol. The fourth-order valence-corrected chi connectivity index (χ4v) is 8.39. The highest BCUT2D eigenvalue weighted by atomic mass is 35.5. The predicted molar refractivity (Wildman–Crippen MR) is 219 cm³/mol. The van der Waals surface area contributed by atoms with Crippen LogP contribution in [0.25, 0.3) is 22.0 Å². The maximum Gasteiger partial charge on any atom is 0.573 e. The minimum absolute atomic E-state index is 0.0328. The molecule has 3 aromatic carbocycles. The van der Waals surface area contributed by atoms with Crippen LogP contribution in [0, 0.1) is 20.8 Å². The predicted octanol–water partition coefficient (Wildman–Crippen LogP) is 7.67. The Hall–Kier alpha value is -5.78. The minimum atomic E-state index is -4.96. The molecule has 1 aliphatic rings. The molecule has 4 N–H and O–H groups in total. The highest BCUT2D eigenvalue weighted by molar-refractivity contribution is 7.99. The van der Waals surface area contributed by atoms with Gasteiger partial charge < -0.3 is 21.1 Å². The van der Waals surface area contributed by atoms with E-state index in [-0.39, 0.29) is 30.1 Å². The van der Waals surface area contributed by atoms with Gasteiger partial charge in [-0.1, -0.05) is 65.8 Å². The molecule has 0 saturated carbocycles. The normalized spacial score (nSPS) is 14.0. The van der Waals surface area contributed by atoms with Gasteiger partial charge in [0.25, 0.3) is 5.91 Å². The van der Waals surface area contributed by atoms with Gasteiger partial charge in [-0.05, 0) is 62.7 Å². The number of carbonyl (C=O) groups is 2. The number of nitrogens with zero attached hydrogens (tertiary/aromatic N) is 6.